The summed E-state index contributed by atoms with van der Waals surface area (Å²) >= 11 is 6.16. The number of Topliss-reactive ketones (excluding diaryl/α,β-unsaturated/α-hetero) is 1. The molecule has 110 valence electrons. The largest absolute Gasteiger partial charge is 0.295 e. The van der Waals surface area contributed by atoms with Crippen molar-refractivity contribution in [1.29, 1.82) is 0 Å². The van der Waals surface area contributed by atoms with Gasteiger partial charge >= 0.3 is 0 Å². The third-order valence-electron chi connectivity index (χ3n) is 4.11. The van der Waals surface area contributed by atoms with E-state index in [0.717, 1.165) is 33.0 Å². The maximum Gasteiger partial charge on any atom is 0.160 e. The number of carbonyl (C=O) groups is 1. The molecule has 0 aliphatic rings. The second kappa shape index (κ2) is 5.58. The number of hydrogen-bond acceptors (Lipinski definition) is 1. The average molecular weight is 309 g/mol. The molecule has 0 amide bonds. The molecule has 0 bridgehead atoms. The summed E-state index contributed by atoms with van der Waals surface area (Å²) in [5, 5.41) is 2.85. The van der Waals surface area contributed by atoms with E-state index in [0.29, 0.717) is 5.02 Å². The van der Waals surface area contributed by atoms with E-state index < -0.39 is 0 Å². The summed E-state index contributed by atoms with van der Waals surface area (Å²) < 4.78 is 0. The predicted molar refractivity (Wildman–Crippen MR) is 93.9 cm³/mol. The maximum atomic E-state index is 12.0. The quantitative estimate of drug-likeness (QED) is 0.532. The summed E-state index contributed by atoms with van der Waals surface area (Å²) in [4.78, 5) is 12.0. The second-order valence-electron chi connectivity index (χ2n) is 5.71. The van der Waals surface area contributed by atoms with Gasteiger partial charge in [0.2, 0.25) is 0 Å². The van der Waals surface area contributed by atoms with Crippen molar-refractivity contribution >= 4 is 28.2 Å². The van der Waals surface area contributed by atoms with Gasteiger partial charge in [-0.25, -0.2) is 0 Å². The van der Waals surface area contributed by atoms with Crippen LogP contribution in [0.15, 0.2) is 48.5 Å². The molecule has 0 aromatic heterocycles. The first kappa shape index (κ1) is 14.8. The second-order valence-corrected chi connectivity index (χ2v) is 6.15. The molecule has 0 spiro atoms. The summed E-state index contributed by atoms with van der Waals surface area (Å²) in [7, 11) is 0. The Morgan fingerprint density at radius 3 is 2.23 bits per heavy atom. The fourth-order valence-electron chi connectivity index (χ4n) is 2.87. The Labute approximate surface area is 135 Å². The van der Waals surface area contributed by atoms with Crippen LogP contribution in [0.4, 0.5) is 0 Å². The van der Waals surface area contributed by atoms with Gasteiger partial charge in [0, 0.05) is 10.6 Å². The monoisotopic (exact) mass is 308 g/mol. The first-order chi connectivity index (χ1) is 10.5. The highest BCUT2D eigenvalue weighted by atomic mass is 35.5. The van der Waals surface area contributed by atoms with Gasteiger partial charge < -0.3 is 0 Å². The topological polar surface area (TPSA) is 17.1 Å². The van der Waals surface area contributed by atoms with Crippen molar-refractivity contribution < 1.29 is 4.79 Å². The van der Waals surface area contributed by atoms with Crippen LogP contribution < -0.4 is 0 Å². The summed E-state index contributed by atoms with van der Waals surface area (Å²) in [5.41, 5.74) is 5.14. The van der Waals surface area contributed by atoms with Gasteiger partial charge in [-0.1, -0.05) is 47.5 Å². The highest BCUT2D eigenvalue weighted by Gasteiger charge is 2.13. The van der Waals surface area contributed by atoms with Crippen LogP contribution in [0.25, 0.3) is 21.9 Å². The number of rotatable bonds is 2. The number of fused-ring (bicyclic) bond motifs is 1. The van der Waals surface area contributed by atoms with Gasteiger partial charge in [-0.05, 0) is 66.4 Å². The van der Waals surface area contributed by atoms with E-state index in [2.05, 4.69) is 31.2 Å². The molecule has 1 nitrogen and oxygen atoms in total. The normalized spacial score (nSPS) is 10.9. The summed E-state index contributed by atoms with van der Waals surface area (Å²) in [6.07, 6.45) is 0. The fourth-order valence-corrected chi connectivity index (χ4v) is 3.05. The van der Waals surface area contributed by atoms with Crippen molar-refractivity contribution in [3.63, 3.8) is 0 Å². The maximum absolute atomic E-state index is 12.0. The SMILES string of the molecule is CC(=O)c1cc(-c2ccc(C)cc2)c2ccc(Cl)cc2c1C. The predicted octanol–water partition coefficient (Wildman–Crippen LogP) is 5.98. The van der Waals surface area contributed by atoms with Gasteiger partial charge in [0.25, 0.3) is 0 Å². The zero-order valence-corrected chi connectivity index (χ0v) is 13.7. The van der Waals surface area contributed by atoms with Crippen molar-refractivity contribution in [2.75, 3.05) is 0 Å². The van der Waals surface area contributed by atoms with Crippen LogP contribution in [-0.4, -0.2) is 5.78 Å². The van der Waals surface area contributed by atoms with Gasteiger partial charge in [-0.2, -0.15) is 0 Å². The molecule has 0 aliphatic carbocycles. The Balaban J connectivity index is 2.40. The third-order valence-corrected chi connectivity index (χ3v) is 4.35. The number of carbonyl (C=O) groups excluding carboxylic acids is 1. The lowest BCUT2D eigenvalue weighted by Gasteiger charge is -2.14. The lowest BCUT2D eigenvalue weighted by Crippen LogP contribution is -1.98. The van der Waals surface area contributed by atoms with Crippen LogP contribution in [0.3, 0.4) is 0 Å². The molecular weight excluding hydrogens is 292 g/mol. The van der Waals surface area contributed by atoms with Crippen molar-refractivity contribution in [3.8, 4) is 11.1 Å². The van der Waals surface area contributed by atoms with Crippen LogP contribution >= 0.6 is 11.6 Å². The van der Waals surface area contributed by atoms with E-state index in [1.807, 2.05) is 31.2 Å². The Morgan fingerprint density at radius 1 is 0.909 bits per heavy atom. The zero-order chi connectivity index (χ0) is 15.9. The van der Waals surface area contributed by atoms with E-state index in [4.69, 9.17) is 11.6 Å². The molecule has 22 heavy (non-hydrogen) atoms. The minimum atomic E-state index is 0.0766. The molecule has 0 unspecified atom stereocenters. The minimum absolute atomic E-state index is 0.0766. The van der Waals surface area contributed by atoms with Gasteiger partial charge in [-0.15, -0.1) is 0 Å². The molecule has 2 heteroatoms. The molecule has 0 heterocycles. The number of ketones is 1. The molecule has 0 fully saturated rings. The first-order valence-corrected chi connectivity index (χ1v) is 7.66. The van der Waals surface area contributed by atoms with E-state index in [9.17, 15) is 4.79 Å². The smallest absolute Gasteiger partial charge is 0.160 e. The molecule has 3 rings (SSSR count). The third kappa shape index (κ3) is 2.53. The standard InChI is InChI=1S/C20H17ClO/c1-12-4-6-15(7-5-12)20-11-18(14(3)22)13(2)19-10-16(21)8-9-17(19)20/h4-11H,1-3H3. The highest BCUT2D eigenvalue weighted by Crippen LogP contribution is 2.34. The molecule has 3 aromatic carbocycles. The molecule has 0 saturated heterocycles. The van der Waals surface area contributed by atoms with Crippen LogP contribution in [-0.2, 0) is 0 Å². The number of benzene rings is 3. The van der Waals surface area contributed by atoms with Crippen molar-refractivity contribution in [2.45, 2.75) is 20.8 Å². The molecule has 0 N–H and O–H groups in total. The highest BCUT2D eigenvalue weighted by molar-refractivity contribution is 6.31. The average Bonchev–Trinajstić information content (AvgIpc) is 2.49. The van der Waals surface area contributed by atoms with E-state index in [1.165, 1.54) is 5.56 Å². The molecular formula is C20H17ClO. The number of hydrogen-bond donors (Lipinski definition) is 0. The molecule has 0 aliphatic heterocycles. The van der Waals surface area contributed by atoms with Crippen LogP contribution in [0.5, 0.6) is 0 Å². The minimum Gasteiger partial charge on any atom is -0.295 e. The Kier molecular flexibility index (Phi) is 3.76. The Hall–Kier alpha value is -2.12. The lowest BCUT2D eigenvalue weighted by molar-refractivity contribution is 0.101. The first-order valence-electron chi connectivity index (χ1n) is 7.28. The number of aryl methyl sites for hydroxylation is 2. The van der Waals surface area contributed by atoms with Crippen molar-refractivity contribution in [1.82, 2.24) is 0 Å². The van der Waals surface area contributed by atoms with Crippen LogP contribution in [0.2, 0.25) is 5.02 Å². The van der Waals surface area contributed by atoms with Gasteiger partial charge in [0.05, 0.1) is 0 Å². The molecule has 0 atom stereocenters. The van der Waals surface area contributed by atoms with Gasteiger partial charge in [-0.3, -0.25) is 4.79 Å². The summed E-state index contributed by atoms with van der Waals surface area (Å²) in [5.74, 6) is 0.0766. The zero-order valence-electron chi connectivity index (χ0n) is 12.9. The Morgan fingerprint density at radius 2 is 1.59 bits per heavy atom. The fraction of sp³-hybridized carbons (Fsp3) is 0.150. The number of halogens is 1. The lowest BCUT2D eigenvalue weighted by atomic mass is 9.90. The van der Waals surface area contributed by atoms with Crippen LogP contribution in [0.1, 0.15) is 28.4 Å². The van der Waals surface area contributed by atoms with Crippen molar-refractivity contribution in [3.05, 3.63) is 70.2 Å². The summed E-state index contributed by atoms with van der Waals surface area (Å²) in [6, 6.07) is 16.2. The molecule has 0 saturated carbocycles. The van der Waals surface area contributed by atoms with Gasteiger partial charge in [0.1, 0.15) is 0 Å². The van der Waals surface area contributed by atoms with E-state index in [-0.39, 0.29) is 5.78 Å². The molecule has 0 radical (unpaired) electrons. The van der Waals surface area contributed by atoms with Crippen molar-refractivity contribution in [2.24, 2.45) is 0 Å². The molecule has 3 aromatic rings. The Bertz CT molecular complexity index is 876. The van der Waals surface area contributed by atoms with Gasteiger partial charge in [0.15, 0.2) is 5.78 Å². The van der Waals surface area contributed by atoms with Crippen LogP contribution in [0, 0.1) is 13.8 Å². The van der Waals surface area contributed by atoms with E-state index in [1.54, 1.807) is 6.92 Å². The summed E-state index contributed by atoms with van der Waals surface area (Å²) in [6.45, 7) is 5.66. The van der Waals surface area contributed by atoms with E-state index >= 15 is 0 Å².